The normalized spacial score (nSPS) is 11.3. The first-order chi connectivity index (χ1) is 14.0. The van der Waals surface area contributed by atoms with Gasteiger partial charge in [0, 0.05) is 0 Å². The molecule has 0 unspecified atom stereocenters. The molecule has 4 nitrogen and oxygen atoms in total. The number of benzene rings is 2. The van der Waals surface area contributed by atoms with Crippen molar-refractivity contribution in [2.24, 2.45) is 0 Å². The predicted molar refractivity (Wildman–Crippen MR) is 117 cm³/mol. The number of aliphatic hydroxyl groups is 1. The van der Waals surface area contributed by atoms with Crippen LogP contribution in [0.15, 0.2) is 48.6 Å². The van der Waals surface area contributed by atoms with Crippen molar-refractivity contribution in [2.45, 2.75) is 39.7 Å². The summed E-state index contributed by atoms with van der Waals surface area (Å²) in [6, 6.07) is 11.5. The molecule has 4 heteroatoms. The zero-order valence-electron chi connectivity index (χ0n) is 17.3. The number of rotatable bonds is 10. The molecule has 0 aromatic heterocycles. The zero-order valence-corrected chi connectivity index (χ0v) is 17.3. The van der Waals surface area contributed by atoms with E-state index in [-0.39, 0.29) is 24.6 Å². The van der Waals surface area contributed by atoms with Crippen LogP contribution in [0.4, 0.5) is 0 Å². The highest BCUT2D eigenvalue weighted by atomic mass is 16.5. The van der Waals surface area contributed by atoms with Gasteiger partial charge in [0.15, 0.2) is 11.6 Å². The van der Waals surface area contributed by atoms with Gasteiger partial charge in [0.2, 0.25) is 0 Å². The second-order valence-corrected chi connectivity index (χ2v) is 6.74. The number of ketones is 2. The second kappa shape index (κ2) is 11.1. The molecule has 0 saturated carbocycles. The fourth-order valence-electron chi connectivity index (χ4n) is 3.07. The van der Waals surface area contributed by atoms with E-state index in [4.69, 9.17) is 4.74 Å². The monoisotopic (exact) mass is 392 g/mol. The van der Waals surface area contributed by atoms with E-state index in [0.717, 1.165) is 46.4 Å². The molecule has 0 spiro atoms. The van der Waals surface area contributed by atoms with E-state index in [1.54, 1.807) is 19.3 Å². The summed E-state index contributed by atoms with van der Waals surface area (Å²) in [5.41, 5.74) is 4.71. The van der Waals surface area contributed by atoms with Crippen molar-refractivity contribution in [3.8, 4) is 5.75 Å². The fourth-order valence-corrected chi connectivity index (χ4v) is 3.07. The Kier molecular flexibility index (Phi) is 8.56. The maximum atomic E-state index is 12.1. The third kappa shape index (κ3) is 6.54. The molecule has 0 saturated heterocycles. The molecule has 0 fully saturated rings. The molecule has 0 aliphatic rings. The van der Waals surface area contributed by atoms with Crippen LogP contribution in [0.2, 0.25) is 0 Å². The highest BCUT2D eigenvalue weighted by Crippen LogP contribution is 2.21. The van der Waals surface area contributed by atoms with E-state index in [9.17, 15) is 14.7 Å². The minimum absolute atomic E-state index is 0.0356. The summed E-state index contributed by atoms with van der Waals surface area (Å²) in [4.78, 5) is 24.2. The molecule has 2 aromatic carbocycles. The van der Waals surface area contributed by atoms with Gasteiger partial charge in [-0.2, -0.15) is 0 Å². The summed E-state index contributed by atoms with van der Waals surface area (Å²) in [7, 11) is 1.62. The Hall–Kier alpha value is -2.98. The van der Waals surface area contributed by atoms with E-state index in [2.05, 4.69) is 6.92 Å². The molecule has 29 heavy (non-hydrogen) atoms. The lowest BCUT2D eigenvalue weighted by Crippen LogP contribution is -2.02. The smallest absolute Gasteiger partial charge is 0.163 e. The Morgan fingerprint density at radius 1 is 0.862 bits per heavy atom. The highest BCUT2D eigenvalue weighted by molar-refractivity contribution is 6.10. The SMILES string of the molecule is CCc1ccc(C=CC(=O)CC(=O)C=Cc2ccc(CC)c(OC)c2)cc1CO. The average molecular weight is 392 g/mol. The number of methoxy groups -OCH3 is 1. The number of hydrogen-bond acceptors (Lipinski definition) is 4. The molecule has 0 atom stereocenters. The van der Waals surface area contributed by atoms with Crippen molar-refractivity contribution in [1.29, 1.82) is 0 Å². The van der Waals surface area contributed by atoms with Crippen LogP contribution in [-0.2, 0) is 29.0 Å². The molecule has 0 bridgehead atoms. The first kappa shape index (κ1) is 22.3. The van der Waals surface area contributed by atoms with Gasteiger partial charge >= 0.3 is 0 Å². The Morgan fingerprint density at radius 2 is 1.41 bits per heavy atom. The summed E-state index contributed by atoms with van der Waals surface area (Å²) >= 11 is 0. The molecule has 0 aliphatic heterocycles. The average Bonchev–Trinajstić information content (AvgIpc) is 2.75. The molecule has 0 radical (unpaired) electrons. The van der Waals surface area contributed by atoms with Gasteiger partial charge in [-0.3, -0.25) is 9.59 Å². The number of carbonyl (C=O) groups excluding carboxylic acids is 2. The number of ether oxygens (including phenoxy) is 1. The van der Waals surface area contributed by atoms with Crippen molar-refractivity contribution in [2.75, 3.05) is 7.11 Å². The number of carbonyl (C=O) groups is 2. The predicted octanol–water partition coefficient (Wildman–Crippen LogP) is 4.57. The summed E-state index contributed by atoms with van der Waals surface area (Å²) < 4.78 is 5.36. The molecular formula is C25H28O4. The third-order valence-corrected chi connectivity index (χ3v) is 4.75. The van der Waals surface area contributed by atoms with Gasteiger partial charge in [-0.1, -0.05) is 50.3 Å². The van der Waals surface area contributed by atoms with E-state index in [1.807, 2.05) is 43.3 Å². The van der Waals surface area contributed by atoms with E-state index >= 15 is 0 Å². The minimum Gasteiger partial charge on any atom is -0.496 e. The van der Waals surface area contributed by atoms with Crippen molar-refractivity contribution in [3.63, 3.8) is 0 Å². The number of hydrogen-bond donors (Lipinski definition) is 1. The van der Waals surface area contributed by atoms with Crippen LogP contribution in [0.1, 0.15) is 48.1 Å². The number of allylic oxidation sites excluding steroid dienone is 2. The Labute approximate surface area is 172 Å². The lowest BCUT2D eigenvalue weighted by molar-refractivity contribution is -0.121. The number of aliphatic hydroxyl groups excluding tert-OH is 1. The molecule has 2 rings (SSSR count). The Morgan fingerprint density at radius 3 is 1.93 bits per heavy atom. The summed E-state index contributed by atoms with van der Waals surface area (Å²) in [5.74, 6) is 0.275. The van der Waals surface area contributed by atoms with Crippen molar-refractivity contribution >= 4 is 23.7 Å². The van der Waals surface area contributed by atoms with Crippen molar-refractivity contribution in [3.05, 3.63) is 76.4 Å². The van der Waals surface area contributed by atoms with E-state index in [0.29, 0.717) is 0 Å². The zero-order chi connectivity index (χ0) is 21.2. The van der Waals surface area contributed by atoms with E-state index in [1.165, 1.54) is 12.2 Å². The molecule has 0 aliphatic carbocycles. The standard InChI is InChI=1S/C25H28O4/c1-4-20-10-6-18(14-22(20)17-26)8-12-23(27)16-24(28)13-9-19-7-11-21(5-2)25(15-19)29-3/h6-15,26H,4-5,16-17H2,1-3H3. The molecule has 152 valence electrons. The molecule has 1 N–H and O–H groups in total. The van der Waals surface area contributed by atoms with Crippen LogP contribution in [0.5, 0.6) is 5.75 Å². The van der Waals surface area contributed by atoms with Crippen LogP contribution in [0, 0.1) is 0 Å². The van der Waals surface area contributed by atoms with Gasteiger partial charge < -0.3 is 9.84 Å². The van der Waals surface area contributed by atoms with Gasteiger partial charge in [-0.15, -0.1) is 0 Å². The van der Waals surface area contributed by atoms with Crippen LogP contribution in [-0.4, -0.2) is 23.8 Å². The van der Waals surface area contributed by atoms with Crippen LogP contribution in [0.3, 0.4) is 0 Å². The highest BCUT2D eigenvalue weighted by Gasteiger charge is 2.06. The van der Waals surface area contributed by atoms with Crippen LogP contribution >= 0.6 is 0 Å². The lowest BCUT2D eigenvalue weighted by Gasteiger charge is -2.07. The summed E-state index contributed by atoms with van der Waals surface area (Å²) in [6.45, 7) is 4.05. The molecule has 0 amide bonds. The second-order valence-electron chi connectivity index (χ2n) is 6.74. The van der Waals surface area contributed by atoms with Crippen molar-refractivity contribution < 1.29 is 19.4 Å². The van der Waals surface area contributed by atoms with Gasteiger partial charge in [0.1, 0.15) is 5.75 Å². The first-order valence-corrected chi connectivity index (χ1v) is 9.82. The van der Waals surface area contributed by atoms with E-state index < -0.39 is 0 Å². The van der Waals surface area contributed by atoms with Crippen LogP contribution in [0.25, 0.3) is 12.2 Å². The Balaban J connectivity index is 1.97. The molecular weight excluding hydrogens is 364 g/mol. The minimum atomic E-state index is -0.260. The first-order valence-electron chi connectivity index (χ1n) is 9.82. The molecule has 0 heterocycles. The number of aryl methyl sites for hydroxylation is 2. The van der Waals surface area contributed by atoms with Gasteiger partial charge in [0.25, 0.3) is 0 Å². The maximum Gasteiger partial charge on any atom is 0.163 e. The third-order valence-electron chi connectivity index (χ3n) is 4.75. The fraction of sp³-hybridized carbons (Fsp3) is 0.280. The van der Waals surface area contributed by atoms with Gasteiger partial charge in [-0.25, -0.2) is 0 Å². The lowest BCUT2D eigenvalue weighted by atomic mass is 10.0. The largest absolute Gasteiger partial charge is 0.496 e. The van der Waals surface area contributed by atoms with Gasteiger partial charge in [-0.05, 0) is 64.9 Å². The molecule has 2 aromatic rings. The maximum absolute atomic E-state index is 12.1. The van der Waals surface area contributed by atoms with Crippen molar-refractivity contribution in [1.82, 2.24) is 0 Å². The Bertz CT molecular complexity index is 847. The summed E-state index contributed by atoms with van der Waals surface area (Å²) in [5, 5.41) is 9.43. The quantitative estimate of drug-likeness (QED) is 0.475. The van der Waals surface area contributed by atoms with Crippen LogP contribution < -0.4 is 4.74 Å². The topological polar surface area (TPSA) is 63.6 Å². The summed E-state index contributed by atoms with van der Waals surface area (Å²) in [6.07, 6.45) is 7.72. The van der Waals surface area contributed by atoms with Gasteiger partial charge in [0.05, 0.1) is 20.1 Å².